The van der Waals surface area contributed by atoms with E-state index in [1.807, 2.05) is 0 Å². The van der Waals surface area contributed by atoms with Crippen LogP contribution in [0.5, 0.6) is 11.5 Å². The molecule has 0 atom stereocenters. The van der Waals surface area contributed by atoms with E-state index in [1.54, 1.807) is 29.2 Å². The first-order chi connectivity index (χ1) is 12.1. The van der Waals surface area contributed by atoms with Gasteiger partial charge in [-0.3, -0.25) is 9.59 Å². The van der Waals surface area contributed by atoms with Crippen LogP contribution in [0, 0.1) is 11.7 Å². The number of rotatable bonds is 3. The van der Waals surface area contributed by atoms with Crippen molar-refractivity contribution in [3.63, 3.8) is 0 Å². The van der Waals surface area contributed by atoms with Crippen molar-refractivity contribution in [1.29, 1.82) is 0 Å². The minimum Gasteiger partial charge on any atom is -0.454 e. The van der Waals surface area contributed by atoms with Gasteiger partial charge in [-0.15, -0.1) is 0 Å². The molecule has 128 valence electrons. The second-order valence-electron chi connectivity index (χ2n) is 5.97. The lowest BCUT2D eigenvalue weighted by Gasteiger charge is -2.38. The Morgan fingerprint density at radius 3 is 2.68 bits per heavy atom. The highest BCUT2D eigenvalue weighted by Gasteiger charge is 2.36. The first-order valence-corrected chi connectivity index (χ1v) is 7.85. The first-order valence-electron chi connectivity index (χ1n) is 7.85. The number of hydrogen-bond donors (Lipinski definition) is 1. The standard InChI is InChI=1S/C18H15FN2O4/c19-13-2-1-3-14(7-13)20-17(22)12-8-21(9-12)18(23)11-4-5-15-16(6-11)25-10-24-15/h1-7,12H,8-10H2,(H,20,22). The zero-order chi connectivity index (χ0) is 17.4. The third-order valence-corrected chi connectivity index (χ3v) is 4.25. The van der Waals surface area contributed by atoms with Crippen molar-refractivity contribution < 1.29 is 23.5 Å². The van der Waals surface area contributed by atoms with Crippen LogP contribution in [0.1, 0.15) is 10.4 Å². The highest BCUT2D eigenvalue weighted by molar-refractivity contribution is 5.99. The Balaban J connectivity index is 1.35. The molecule has 6 nitrogen and oxygen atoms in total. The second kappa shape index (κ2) is 6.08. The second-order valence-corrected chi connectivity index (χ2v) is 5.97. The molecule has 2 heterocycles. The number of benzene rings is 2. The normalized spacial score (nSPS) is 15.6. The lowest BCUT2D eigenvalue weighted by atomic mass is 9.97. The van der Waals surface area contributed by atoms with Crippen LogP contribution in [0.15, 0.2) is 42.5 Å². The minimum atomic E-state index is -0.411. The van der Waals surface area contributed by atoms with Crippen molar-refractivity contribution in [1.82, 2.24) is 4.90 Å². The molecular formula is C18H15FN2O4. The third-order valence-electron chi connectivity index (χ3n) is 4.25. The van der Waals surface area contributed by atoms with Gasteiger partial charge in [-0.2, -0.15) is 0 Å². The lowest BCUT2D eigenvalue weighted by Crippen LogP contribution is -2.54. The Morgan fingerprint density at radius 2 is 1.88 bits per heavy atom. The number of likely N-dealkylation sites (tertiary alicyclic amines) is 1. The summed E-state index contributed by atoms with van der Waals surface area (Å²) < 4.78 is 23.6. The SMILES string of the molecule is O=C(Nc1cccc(F)c1)C1CN(C(=O)c2ccc3c(c2)OCO3)C1. The number of halogens is 1. The highest BCUT2D eigenvalue weighted by Crippen LogP contribution is 2.33. The number of hydrogen-bond acceptors (Lipinski definition) is 4. The van der Waals surface area contributed by atoms with Crippen LogP contribution >= 0.6 is 0 Å². The zero-order valence-electron chi connectivity index (χ0n) is 13.2. The maximum atomic E-state index is 13.1. The zero-order valence-corrected chi connectivity index (χ0v) is 13.2. The molecule has 1 fully saturated rings. The average molecular weight is 342 g/mol. The van der Waals surface area contributed by atoms with E-state index < -0.39 is 5.82 Å². The van der Waals surface area contributed by atoms with Crippen LogP contribution in [-0.4, -0.2) is 36.6 Å². The van der Waals surface area contributed by atoms with Crippen molar-refractivity contribution in [2.75, 3.05) is 25.2 Å². The summed E-state index contributed by atoms with van der Waals surface area (Å²) in [6.45, 7) is 0.807. The molecule has 2 aliphatic rings. The van der Waals surface area contributed by atoms with Gasteiger partial charge in [-0.1, -0.05) is 6.07 Å². The molecule has 0 unspecified atom stereocenters. The molecule has 2 aliphatic heterocycles. The van der Waals surface area contributed by atoms with Gasteiger partial charge in [0.1, 0.15) is 5.82 Å². The Morgan fingerprint density at radius 1 is 1.08 bits per heavy atom. The van der Waals surface area contributed by atoms with Gasteiger partial charge in [0.25, 0.3) is 5.91 Å². The molecule has 1 saturated heterocycles. The number of fused-ring (bicyclic) bond motifs is 1. The number of nitrogens with zero attached hydrogens (tertiary/aromatic N) is 1. The average Bonchev–Trinajstić information content (AvgIpc) is 3.00. The Hall–Kier alpha value is -3.09. The Kier molecular flexibility index (Phi) is 3.76. The molecule has 0 aliphatic carbocycles. The fourth-order valence-electron chi connectivity index (χ4n) is 2.83. The van der Waals surface area contributed by atoms with Crippen molar-refractivity contribution in [3.05, 3.63) is 53.8 Å². The molecular weight excluding hydrogens is 327 g/mol. The van der Waals surface area contributed by atoms with Gasteiger partial charge in [-0.05, 0) is 36.4 Å². The number of nitrogens with one attached hydrogen (secondary N) is 1. The smallest absolute Gasteiger partial charge is 0.254 e. The van der Waals surface area contributed by atoms with Crippen molar-refractivity contribution >= 4 is 17.5 Å². The third kappa shape index (κ3) is 3.00. The Bertz CT molecular complexity index is 849. The number of anilines is 1. The molecule has 25 heavy (non-hydrogen) atoms. The summed E-state index contributed by atoms with van der Waals surface area (Å²) in [4.78, 5) is 26.2. The van der Waals surface area contributed by atoms with E-state index >= 15 is 0 Å². The molecule has 0 radical (unpaired) electrons. The first kappa shape index (κ1) is 15.4. The predicted octanol–water partition coefficient (Wildman–Crippen LogP) is 2.27. The molecule has 7 heteroatoms. The molecule has 2 aromatic rings. The van der Waals surface area contributed by atoms with Crippen molar-refractivity contribution in [2.24, 2.45) is 5.92 Å². The summed E-state index contributed by atoms with van der Waals surface area (Å²) in [6, 6.07) is 10.7. The molecule has 2 amide bonds. The highest BCUT2D eigenvalue weighted by atomic mass is 19.1. The van der Waals surface area contributed by atoms with Crippen LogP contribution in [0.25, 0.3) is 0 Å². The fraction of sp³-hybridized carbons (Fsp3) is 0.222. The lowest BCUT2D eigenvalue weighted by molar-refractivity contribution is -0.123. The fourth-order valence-corrected chi connectivity index (χ4v) is 2.83. The van der Waals surface area contributed by atoms with Gasteiger partial charge in [0, 0.05) is 24.3 Å². The van der Waals surface area contributed by atoms with Crippen LogP contribution in [0.4, 0.5) is 10.1 Å². The number of carbonyl (C=O) groups excluding carboxylic acids is 2. The van der Waals surface area contributed by atoms with E-state index in [0.717, 1.165) is 0 Å². The summed E-state index contributed by atoms with van der Waals surface area (Å²) in [5.74, 6) is 0.0694. The maximum Gasteiger partial charge on any atom is 0.254 e. The van der Waals surface area contributed by atoms with Gasteiger partial charge in [0.2, 0.25) is 12.7 Å². The van der Waals surface area contributed by atoms with Crippen molar-refractivity contribution in [2.45, 2.75) is 0 Å². The summed E-state index contributed by atoms with van der Waals surface area (Å²) >= 11 is 0. The number of ether oxygens (including phenoxy) is 2. The maximum absolute atomic E-state index is 13.1. The van der Waals surface area contributed by atoms with Crippen LogP contribution < -0.4 is 14.8 Å². The molecule has 1 N–H and O–H groups in total. The number of amides is 2. The van der Waals surface area contributed by atoms with Gasteiger partial charge < -0.3 is 19.7 Å². The largest absolute Gasteiger partial charge is 0.454 e. The predicted molar refractivity (Wildman–Crippen MR) is 87.0 cm³/mol. The Labute approximate surface area is 143 Å². The van der Waals surface area contributed by atoms with Crippen LogP contribution in [-0.2, 0) is 4.79 Å². The summed E-state index contributed by atoms with van der Waals surface area (Å²) in [5, 5.41) is 2.66. The van der Waals surface area contributed by atoms with Gasteiger partial charge in [-0.25, -0.2) is 4.39 Å². The van der Waals surface area contributed by atoms with E-state index in [2.05, 4.69) is 5.32 Å². The minimum absolute atomic E-state index is 0.152. The quantitative estimate of drug-likeness (QED) is 0.929. The summed E-state index contributed by atoms with van der Waals surface area (Å²) in [7, 11) is 0. The molecule has 0 aromatic heterocycles. The van der Waals surface area contributed by atoms with E-state index in [9.17, 15) is 14.0 Å². The molecule has 0 bridgehead atoms. The monoisotopic (exact) mass is 342 g/mol. The molecule has 2 aromatic carbocycles. The summed E-state index contributed by atoms with van der Waals surface area (Å²) in [6.07, 6.45) is 0. The van der Waals surface area contributed by atoms with Crippen LogP contribution in [0.3, 0.4) is 0 Å². The van der Waals surface area contributed by atoms with E-state index in [0.29, 0.717) is 35.8 Å². The van der Waals surface area contributed by atoms with Crippen molar-refractivity contribution in [3.8, 4) is 11.5 Å². The topological polar surface area (TPSA) is 67.9 Å². The number of carbonyl (C=O) groups is 2. The van der Waals surface area contributed by atoms with Gasteiger partial charge >= 0.3 is 0 Å². The van der Waals surface area contributed by atoms with Gasteiger partial charge in [0.05, 0.1) is 5.92 Å². The van der Waals surface area contributed by atoms with E-state index in [-0.39, 0.29) is 24.5 Å². The van der Waals surface area contributed by atoms with Gasteiger partial charge in [0.15, 0.2) is 11.5 Å². The van der Waals surface area contributed by atoms with E-state index in [4.69, 9.17) is 9.47 Å². The van der Waals surface area contributed by atoms with Crippen LogP contribution in [0.2, 0.25) is 0 Å². The molecule has 4 rings (SSSR count). The van der Waals surface area contributed by atoms with E-state index in [1.165, 1.54) is 18.2 Å². The molecule has 0 spiro atoms. The summed E-state index contributed by atoms with van der Waals surface area (Å²) in [5.41, 5.74) is 0.902. The molecule has 0 saturated carbocycles.